The van der Waals surface area contributed by atoms with E-state index in [1.807, 2.05) is 26.1 Å². The second-order valence-electron chi connectivity index (χ2n) is 3.64. The minimum Gasteiger partial charge on any atom is -0.515 e. The van der Waals surface area contributed by atoms with Crippen LogP contribution in [0.25, 0.3) is 0 Å². The Balaban J connectivity index is 3.53. The van der Waals surface area contributed by atoms with Crippen LogP contribution in [0.3, 0.4) is 0 Å². The topological polar surface area (TPSA) is 32.3 Å². The van der Waals surface area contributed by atoms with Crippen molar-refractivity contribution in [3.05, 3.63) is 24.0 Å². The van der Waals surface area contributed by atoms with Crippen molar-refractivity contribution in [2.45, 2.75) is 45.6 Å². The monoisotopic (exact) mass is 197 g/mol. The highest BCUT2D eigenvalue weighted by Gasteiger charge is 1.98. The molecule has 0 spiro atoms. The normalized spacial score (nSPS) is 14.9. The Labute approximate surface area is 87.7 Å². The second kappa shape index (κ2) is 8.82. The molecule has 0 aromatic carbocycles. The molecule has 1 unspecified atom stereocenters. The van der Waals surface area contributed by atoms with Crippen LogP contribution in [0, 0.1) is 0 Å². The van der Waals surface area contributed by atoms with Crippen LogP contribution < -0.4 is 5.32 Å². The van der Waals surface area contributed by atoms with Crippen molar-refractivity contribution < 1.29 is 5.11 Å². The van der Waals surface area contributed by atoms with E-state index in [1.54, 1.807) is 0 Å². The molecule has 2 nitrogen and oxygen atoms in total. The Bertz CT molecular complexity index is 185. The van der Waals surface area contributed by atoms with Crippen LogP contribution in [0.4, 0.5) is 0 Å². The van der Waals surface area contributed by atoms with Crippen molar-refractivity contribution in [3.8, 4) is 0 Å². The average Bonchev–Trinajstić information content (AvgIpc) is 2.22. The van der Waals surface area contributed by atoms with E-state index in [0.29, 0.717) is 6.04 Å². The van der Waals surface area contributed by atoms with Crippen molar-refractivity contribution in [1.82, 2.24) is 5.32 Å². The van der Waals surface area contributed by atoms with Crippen molar-refractivity contribution in [2.75, 3.05) is 7.05 Å². The van der Waals surface area contributed by atoms with Crippen LogP contribution in [0.2, 0.25) is 0 Å². The summed E-state index contributed by atoms with van der Waals surface area (Å²) >= 11 is 0. The van der Waals surface area contributed by atoms with Gasteiger partial charge in [0.25, 0.3) is 0 Å². The van der Waals surface area contributed by atoms with E-state index in [1.165, 1.54) is 19.1 Å². The van der Waals surface area contributed by atoms with Gasteiger partial charge in [-0.2, -0.15) is 0 Å². The van der Waals surface area contributed by atoms with Gasteiger partial charge in [0.15, 0.2) is 0 Å². The molecule has 1 atom stereocenters. The van der Waals surface area contributed by atoms with Gasteiger partial charge in [0.2, 0.25) is 0 Å². The van der Waals surface area contributed by atoms with Crippen LogP contribution in [-0.2, 0) is 0 Å². The molecule has 0 heterocycles. The first kappa shape index (κ1) is 13.2. The van der Waals surface area contributed by atoms with Gasteiger partial charge < -0.3 is 10.4 Å². The Hall–Kier alpha value is -0.760. The smallest absolute Gasteiger partial charge is 0.0823 e. The molecule has 0 saturated heterocycles. The first-order chi connectivity index (χ1) is 6.74. The Morgan fingerprint density at radius 1 is 1.43 bits per heavy atom. The fraction of sp³-hybridized carbons (Fsp3) is 0.667. The number of nitrogens with one attached hydrogen (secondary N) is 1. The average molecular weight is 197 g/mol. The molecule has 0 aromatic heterocycles. The quantitative estimate of drug-likeness (QED) is 0.373. The molecule has 0 amide bonds. The van der Waals surface area contributed by atoms with Crippen molar-refractivity contribution in [1.29, 1.82) is 0 Å². The number of rotatable bonds is 7. The predicted molar refractivity (Wildman–Crippen MR) is 62.5 cm³/mol. The molecular formula is C12H23NO. The van der Waals surface area contributed by atoms with E-state index in [0.717, 1.165) is 18.4 Å². The van der Waals surface area contributed by atoms with Crippen LogP contribution in [0.1, 0.15) is 39.5 Å². The number of hydrogen-bond donors (Lipinski definition) is 2. The Kier molecular flexibility index (Phi) is 8.34. The summed E-state index contributed by atoms with van der Waals surface area (Å²) < 4.78 is 0. The van der Waals surface area contributed by atoms with E-state index >= 15 is 0 Å². The van der Waals surface area contributed by atoms with Crippen LogP contribution in [0.15, 0.2) is 24.0 Å². The largest absolute Gasteiger partial charge is 0.515 e. The molecule has 0 rings (SSSR count). The van der Waals surface area contributed by atoms with Crippen LogP contribution in [-0.4, -0.2) is 18.2 Å². The van der Waals surface area contributed by atoms with Gasteiger partial charge in [0, 0.05) is 6.04 Å². The maximum absolute atomic E-state index is 8.89. The van der Waals surface area contributed by atoms with Gasteiger partial charge in [-0.15, -0.1) is 0 Å². The summed E-state index contributed by atoms with van der Waals surface area (Å²) in [6.45, 7) is 4.15. The van der Waals surface area contributed by atoms with Gasteiger partial charge >= 0.3 is 0 Å². The fourth-order valence-electron chi connectivity index (χ4n) is 1.33. The molecule has 0 aliphatic carbocycles. The summed E-state index contributed by atoms with van der Waals surface area (Å²) in [5.41, 5.74) is 1.02. The number of aliphatic hydroxyl groups excluding tert-OH is 1. The summed E-state index contributed by atoms with van der Waals surface area (Å²) in [7, 11) is 1.99. The lowest BCUT2D eigenvalue weighted by molar-refractivity contribution is 0.464. The number of unbranched alkanes of at least 4 members (excludes halogenated alkanes) is 1. The predicted octanol–water partition coefficient (Wildman–Crippen LogP) is 3.17. The van der Waals surface area contributed by atoms with E-state index < -0.39 is 0 Å². The van der Waals surface area contributed by atoms with Gasteiger partial charge in [0.1, 0.15) is 0 Å². The zero-order valence-corrected chi connectivity index (χ0v) is 9.59. The Morgan fingerprint density at radius 2 is 2.14 bits per heavy atom. The number of hydrogen-bond acceptors (Lipinski definition) is 2. The SMILES string of the molecule is C/C=C\C(=C\O)CCCCC(C)NC. The molecule has 82 valence electrons. The first-order valence-corrected chi connectivity index (χ1v) is 5.37. The second-order valence-corrected chi connectivity index (χ2v) is 3.64. The first-order valence-electron chi connectivity index (χ1n) is 5.37. The summed E-state index contributed by atoms with van der Waals surface area (Å²) in [4.78, 5) is 0. The summed E-state index contributed by atoms with van der Waals surface area (Å²) in [6, 6.07) is 0.596. The number of allylic oxidation sites excluding steroid dienone is 3. The fourth-order valence-corrected chi connectivity index (χ4v) is 1.33. The third-order valence-electron chi connectivity index (χ3n) is 2.39. The van der Waals surface area contributed by atoms with Crippen molar-refractivity contribution in [3.63, 3.8) is 0 Å². The third-order valence-corrected chi connectivity index (χ3v) is 2.39. The van der Waals surface area contributed by atoms with Gasteiger partial charge in [-0.05, 0) is 45.7 Å². The van der Waals surface area contributed by atoms with Gasteiger partial charge in [0.05, 0.1) is 6.26 Å². The van der Waals surface area contributed by atoms with E-state index in [4.69, 9.17) is 5.11 Å². The molecule has 2 N–H and O–H groups in total. The molecule has 0 aliphatic rings. The molecule has 2 heteroatoms. The lowest BCUT2D eigenvalue weighted by Crippen LogP contribution is -2.20. The van der Waals surface area contributed by atoms with Crippen LogP contribution >= 0.6 is 0 Å². The highest BCUT2D eigenvalue weighted by molar-refractivity contribution is 5.15. The van der Waals surface area contributed by atoms with Crippen molar-refractivity contribution in [2.24, 2.45) is 0 Å². The third kappa shape index (κ3) is 6.72. The molecule has 0 radical (unpaired) electrons. The standard InChI is InChI=1S/C12H23NO/c1-4-7-12(10-14)9-6-5-8-11(2)13-3/h4,7,10-11,13-14H,5-6,8-9H2,1-3H3/b7-4-,12-10-. The van der Waals surface area contributed by atoms with E-state index in [9.17, 15) is 0 Å². The zero-order valence-electron chi connectivity index (χ0n) is 9.59. The molecule has 0 saturated carbocycles. The summed E-state index contributed by atoms with van der Waals surface area (Å²) in [5.74, 6) is 0. The minimum absolute atomic E-state index is 0.596. The molecule has 14 heavy (non-hydrogen) atoms. The summed E-state index contributed by atoms with van der Waals surface area (Å²) in [6.07, 6.45) is 9.64. The van der Waals surface area contributed by atoms with E-state index in [2.05, 4.69) is 12.2 Å². The van der Waals surface area contributed by atoms with Gasteiger partial charge in [-0.1, -0.05) is 18.6 Å². The number of aliphatic hydroxyl groups is 1. The Morgan fingerprint density at radius 3 is 2.64 bits per heavy atom. The highest BCUT2D eigenvalue weighted by atomic mass is 16.2. The molecule has 0 fully saturated rings. The zero-order chi connectivity index (χ0) is 10.8. The maximum atomic E-state index is 8.89. The molecule has 0 aromatic rings. The van der Waals surface area contributed by atoms with E-state index in [-0.39, 0.29) is 0 Å². The molecule has 0 bridgehead atoms. The van der Waals surface area contributed by atoms with Gasteiger partial charge in [-0.3, -0.25) is 0 Å². The molecule has 0 aliphatic heterocycles. The highest BCUT2D eigenvalue weighted by Crippen LogP contribution is 2.10. The molecular weight excluding hydrogens is 174 g/mol. The lowest BCUT2D eigenvalue weighted by Gasteiger charge is -2.09. The van der Waals surface area contributed by atoms with Crippen LogP contribution in [0.5, 0.6) is 0 Å². The lowest BCUT2D eigenvalue weighted by atomic mass is 10.1. The maximum Gasteiger partial charge on any atom is 0.0823 e. The van der Waals surface area contributed by atoms with Crippen molar-refractivity contribution >= 4 is 0 Å². The minimum atomic E-state index is 0.596. The summed E-state index contributed by atoms with van der Waals surface area (Å²) in [5, 5.41) is 12.1. The van der Waals surface area contributed by atoms with Gasteiger partial charge in [-0.25, -0.2) is 0 Å².